The molecule has 12 unspecified atom stereocenters. The van der Waals surface area contributed by atoms with Gasteiger partial charge in [0.2, 0.25) is 5.91 Å². The zero-order chi connectivity index (χ0) is 60.2. The maximum absolute atomic E-state index is 13.2. The summed E-state index contributed by atoms with van der Waals surface area (Å²) in [7, 11) is 0. The average Bonchev–Trinajstić information content (AvgIpc) is 3.52. The normalized spacial score (nSPS) is 23.9. The van der Waals surface area contributed by atoms with Gasteiger partial charge in [-0.25, -0.2) is 0 Å². The van der Waals surface area contributed by atoms with Crippen molar-refractivity contribution < 1.29 is 64.6 Å². The van der Waals surface area contributed by atoms with Crippen LogP contribution < -0.4 is 5.32 Å². The molecule has 0 spiro atoms. The fraction of sp³-hybridized carbons (Fsp3) is 0.928. The third-order valence-corrected chi connectivity index (χ3v) is 17.4. The third kappa shape index (κ3) is 39.2. The van der Waals surface area contributed by atoms with Gasteiger partial charge in [0.1, 0.15) is 48.8 Å². The molecular formula is C69H131NO13. The molecule has 1 amide bonds. The molecule has 12 atom stereocenters. The summed E-state index contributed by atoms with van der Waals surface area (Å²) in [5.74, 6) is -0.247. The predicted octanol–water partition coefficient (Wildman–Crippen LogP) is 14.0. The molecule has 14 heteroatoms. The molecule has 14 nitrogen and oxygen atoms in total. The molecule has 0 aromatic rings. The maximum Gasteiger partial charge on any atom is 0.220 e. The van der Waals surface area contributed by atoms with Crippen LogP contribution in [0.2, 0.25) is 0 Å². The average molecular weight is 1180 g/mol. The molecule has 2 rings (SSSR count). The Balaban J connectivity index is 1.47. The Kier molecular flexibility index (Phi) is 51.0. The quantitative estimate of drug-likeness (QED) is 0.0204. The molecule has 2 fully saturated rings. The van der Waals surface area contributed by atoms with Gasteiger partial charge in [0.15, 0.2) is 12.6 Å². The fourth-order valence-electron chi connectivity index (χ4n) is 11.8. The number of carbonyl (C=O) groups is 1. The van der Waals surface area contributed by atoms with E-state index in [1.807, 2.05) is 6.08 Å². The Morgan fingerprint density at radius 2 is 0.771 bits per heavy atom. The summed E-state index contributed by atoms with van der Waals surface area (Å²) in [5, 5.41) is 86.8. The Morgan fingerprint density at radius 1 is 0.422 bits per heavy atom. The lowest BCUT2D eigenvalue weighted by molar-refractivity contribution is -0.359. The van der Waals surface area contributed by atoms with E-state index in [9.17, 15) is 45.6 Å². The second-order valence-electron chi connectivity index (χ2n) is 25.0. The van der Waals surface area contributed by atoms with Gasteiger partial charge in [-0.2, -0.15) is 0 Å². The van der Waals surface area contributed by atoms with Crippen LogP contribution in [0.4, 0.5) is 0 Å². The van der Waals surface area contributed by atoms with Crippen molar-refractivity contribution >= 4 is 5.91 Å². The lowest BCUT2D eigenvalue weighted by Crippen LogP contribution is -2.65. The minimum atomic E-state index is -1.79. The zero-order valence-corrected chi connectivity index (χ0v) is 53.2. The molecule has 490 valence electrons. The van der Waals surface area contributed by atoms with Crippen molar-refractivity contribution in [1.29, 1.82) is 0 Å². The van der Waals surface area contributed by atoms with Crippen LogP contribution in [0.5, 0.6) is 0 Å². The summed E-state index contributed by atoms with van der Waals surface area (Å²) in [6, 6.07) is -0.926. The molecule has 0 aromatic carbocycles. The summed E-state index contributed by atoms with van der Waals surface area (Å²) in [6.07, 6.45) is 51.9. The van der Waals surface area contributed by atoms with Gasteiger partial charge in [0, 0.05) is 6.42 Å². The van der Waals surface area contributed by atoms with E-state index in [0.717, 1.165) is 44.9 Å². The molecule has 2 aliphatic heterocycles. The van der Waals surface area contributed by atoms with Crippen LogP contribution in [0, 0.1) is 0 Å². The monoisotopic (exact) mass is 1180 g/mol. The second-order valence-corrected chi connectivity index (χ2v) is 25.0. The van der Waals surface area contributed by atoms with Crippen LogP contribution in [0.25, 0.3) is 0 Å². The number of amides is 1. The number of hydrogen-bond donors (Lipinski definition) is 9. The summed E-state index contributed by atoms with van der Waals surface area (Å²) >= 11 is 0. The topological polar surface area (TPSA) is 228 Å². The molecular weight excluding hydrogens is 1050 g/mol. The molecule has 0 saturated carbocycles. The van der Waals surface area contributed by atoms with E-state index in [-0.39, 0.29) is 18.9 Å². The van der Waals surface area contributed by atoms with Gasteiger partial charge in [-0.3, -0.25) is 4.79 Å². The van der Waals surface area contributed by atoms with E-state index in [1.165, 1.54) is 238 Å². The van der Waals surface area contributed by atoms with Crippen molar-refractivity contribution in [2.24, 2.45) is 0 Å². The standard InChI is InChI=1S/C69H131NO13/c1-3-5-7-9-11-13-14-15-16-17-18-19-20-21-22-23-24-25-26-27-28-29-30-31-32-33-34-35-36-37-38-39-40-41-42-43-44-45-47-49-51-53-61(74)70-57(58(73)52-50-48-46-12-10-8-6-4-2)56-80-68-66(79)64(77)67(60(55-72)82-68)83-69-65(78)63(76)62(75)59(54-71)81-69/h10,12,50,52,57-60,62-69,71-73,75-79H,3-9,11,13-49,51,53-56H2,1-2H3,(H,70,74)/b12-10+,52-50+. The van der Waals surface area contributed by atoms with Crippen molar-refractivity contribution in [3.8, 4) is 0 Å². The first-order chi connectivity index (χ1) is 40.6. The largest absolute Gasteiger partial charge is 0.394 e. The number of hydrogen-bond acceptors (Lipinski definition) is 13. The minimum Gasteiger partial charge on any atom is -0.394 e. The van der Waals surface area contributed by atoms with Crippen molar-refractivity contribution in [2.45, 2.75) is 389 Å². The first-order valence-electron chi connectivity index (χ1n) is 35.1. The van der Waals surface area contributed by atoms with Gasteiger partial charge in [0.05, 0.1) is 32.0 Å². The summed E-state index contributed by atoms with van der Waals surface area (Å²) in [4.78, 5) is 13.2. The number of aliphatic hydroxyl groups excluding tert-OH is 8. The smallest absolute Gasteiger partial charge is 0.220 e. The molecule has 83 heavy (non-hydrogen) atoms. The number of rotatable bonds is 58. The van der Waals surface area contributed by atoms with Gasteiger partial charge >= 0.3 is 0 Å². The molecule has 9 N–H and O–H groups in total. The van der Waals surface area contributed by atoms with Crippen LogP contribution in [-0.4, -0.2) is 140 Å². The van der Waals surface area contributed by atoms with E-state index in [1.54, 1.807) is 6.08 Å². The predicted molar refractivity (Wildman–Crippen MR) is 337 cm³/mol. The molecule has 0 radical (unpaired) electrons. The maximum atomic E-state index is 13.2. The van der Waals surface area contributed by atoms with Crippen molar-refractivity contribution in [3.63, 3.8) is 0 Å². The van der Waals surface area contributed by atoms with Gasteiger partial charge < -0.3 is 65.1 Å². The molecule has 2 heterocycles. The molecule has 0 bridgehead atoms. The van der Waals surface area contributed by atoms with Gasteiger partial charge in [-0.15, -0.1) is 0 Å². The number of nitrogens with one attached hydrogen (secondary N) is 1. The Hall–Kier alpha value is -1.53. The van der Waals surface area contributed by atoms with Gasteiger partial charge in [0.25, 0.3) is 0 Å². The SMILES string of the molecule is CCCC/C=C/CC/C=C/C(O)C(COC1OC(CO)C(OC2OC(CO)C(O)C(O)C2O)C(O)C1O)NC(=O)CCCCCCCCCCCCCCCCCCCCCCCCCCCCCCCCCCCCCCCCCCC. The fourth-order valence-corrected chi connectivity index (χ4v) is 11.8. The summed E-state index contributed by atoms with van der Waals surface area (Å²) in [5.41, 5.74) is 0. The highest BCUT2D eigenvalue weighted by molar-refractivity contribution is 5.76. The first-order valence-corrected chi connectivity index (χ1v) is 35.1. The Labute approximate surface area is 507 Å². The van der Waals surface area contributed by atoms with E-state index in [0.29, 0.717) is 12.8 Å². The van der Waals surface area contributed by atoms with Crippen LogP contribution >= 0.6 is 0 Å². The van der Waals surface area contributed by atoms with E-state index in [2.05, 4.69) is 31.3 Å². The third-order valence-electron chi connectivity index (χ3n) is 17.4. The van der Waals surface area contributed by atoms with E-state index >= 15 is 0 Å². The second kappa shape index (κ2) is 54.6. The number of carbonyl (C=O) groups excluding carboxylic acids is 1. The van der Waals surface area contributed by atoms with Gasteiger partial charge in [-0.05, 0) is 25.7 Å². The van der Waals surface area contributed by atoms with Crippen LogP contribution in [0.15, 0.2) is 24.3 Å². The van der Waals surface area contributed by atoms with Crippen molar-refractivity contribution in [1.82, 2.24) is 5.32 Å². The number of ether oxygens (including phenoxy) is 4. The lowest BCUT2D eigenvalue weighted by atomic mass is 9.97. The minimum absolute atomic E-state index is 0.247. The van der Waals surface area contributed by atoms with E-state index in [4.69, 9.17) is 18.9 Å². The highest BCUT2D eigenvalue weighted by Gasteiger charge is 2.51. The molecule has 2 aliphatic rings. The summed E-state index contributed by atoms with van der Waals surface area (Å²) < 4.78 is 22.7. The number of unbranched alkanes of at least 4 members (excludes halogenated alkanes) is 43. The van der Waals surface area contributed by atoms with Crippen LogP contribution in [0.3, 0.4) is 0 Å². The molecule has 2 saturated heterocycles. The van der Waals surface area contributed by atoms with Crippen LogP contribution in [0.1, 0.15) is 316 Å². The summed E-state index contributed by atoms with van der Waals surface area (Å²) in [6.45, 7) is 2.72. The zero-order valence-electron chi connectivity index (χ0n) is 53.2. The Morgan fingerprint density at radius 3 is 1.17 bits per heavy atom. The van der Waals surface area contributed by atoms with Gasteiger partial charge in [-0.1, -0.05) is 308 Å². The first kappa shape index (κ1) is 77.6. The van der Waals surface area contributed by atoms with E-state index < -0.39 is 86.8 Å². The van der Waals surface area contributed by atoms with Crippen molar-refractivity contribution in [2.75, 3.05) is 19.8 Å². The highest BCUT2D eigenvalue weighted by atomic mass is 16.7. The highest BCUT2D eigenvalue weighted by Crippen LogP contribution is 2.30. The molecule has 0 aromatic heterocycles. The molecule has 0 aliphatic carbocycles. The number of aliphatic hydroxyl groups is 8. The van der Waals surface area contributed by atoms with Crippen molar-refractivity contribution in [3.05, 3.63) is 24.3 Å². The lowest BCUT2D eigenvalue weighted by Gasteiger charge is -2.46. The Bertz CT molecular complexity index is 1490. The van der Waals surface area contributed by atoms with Crippen LogP contribution in [-0.2, 0) is 23.7 Å². The number of allylic oxidation sites excluding steroid dienone is 3.